The van der Waals surface area contributed by atoms with E-state index in [0.717, 1.165) is 5.56 Å². The van der Waals surface area contributed by atoms with E-state index in [0.29, 0.717) is 23.6 Å². The molecule has 3 nitrogen and oxygen atoms in total. The molecule has 1 aliphatic rings. The third-order valence-corrected chi connectivity index (χ3v) is 3.80. The van der Waals surface area contributed by atoms with Gasteiger partial charge in [-0.15, -0.1) is 0 Å². The van der Waals surface area contributed by atoms with Crippen LogP contribution in [0.15, 0.2) is 78.2 Å². The Balaban J connectivity index is 1.97. The summed E-state index contributed by atoms with van der Waals surface area (Å²) in [5, 5.41) is 3.30. The van der Waals surface area contributed by atoms with Crippen molar-refractivity contribution in [1.29, 1.82) is 0 Å². The summed E-state index contributed by atoms with van der Waals surface area (Å²) in [6, 6.07) is 19.2. The molecule has 1 saturated heterocycles. The van der Waals surface area contributed by atoms with Gasteiger partial charge in [-0.05, 0) is 25.5 Å². The Morgan fingerprint density at radius 3 is 2.25 bits per heavy atom. The van der Waals surface area contributed by atoms with Gasteiger partial charge in [0, 0.05) is 5.56 Å². The minimum absolute atomic E-state index is 0.0528. The van der Waals surface area contributed by atoms with E-state index >= 15 is 0 Å². The second kappa shape index (κ2) is 6.75. The van der Waals surface area contributed by atoms with Gasteiger partial charge in [-0.25, -0.2) is 0 Å². The van der Waals surface area contributed by atoms with Gasteiger partial charge in [0.2, 0.25) is 0 Å². The number of hydrogen-bond acceptors (Lipinski definition) is 3. The summed E-state index contributed by atoms with van der Waals surface area (Å²) < 4.78 is 5.76. The first-order valence-corrected chi connectivity index (χ1v) is 8.03. The van der Waals surface area contributed by atoms with Crippen molar-refractivity contribution in [2.45, 2.75) is 19.4 Å². The van der Waals surface area contributed by atoms with Crippen LogP contribution in [0.2, 0.25) is 0 Å². The summed E-state index contributed by atoms with van der Waals surface area (Å²) in [6.45, 7) is 4.63. The van der Waals surface area contributed by atoms with Gasteiger partial charge in [-0.1, -0.05) is 66.7 Å². The fourth-order valence-corrected chi connectivity index (χ4v) is 2.52. The fourth-order valence-electron chi connectivity index (χ4n) is 2.52. The van der Waals surface area contributed by atoms with Crippen LogP contribution in [0.1, 0.15) is 29.8 Å². The second-order valence-electron chi connectivity index (χ2n) is 6.48. The normalized spacial score (nSPS) is 18.1. The number of hydrogen-bond donors (Lipinski definition) is 1. The van der Waals surface area contributed by atoms with Crippen molar-refractivity contribution in [1.82, 2.24) is 5.32 Å². The van der Waals surface area contributed by atoms with Crippen molar-refractivity contribution in [2.75, 3.05) is 6.61 Å². The number of ketones is 1. The molecular formula is C21H21NO2. The third kappa shape index (κ3) is 3.74. The maximum absolute atomic E-state index is 12.9. The molecular weight excluding hydrogens is 298 g/mol. The molecule has 1 N–H and O–H groups in total. The van der Waals surface area contributed by atoms with Crippen LogP contribution in [0, 0.1) is 0 Å². The van der Waals surface area contributed by atoms with Crippen LogP contribution >= 0.6 is 0 Å². The highest BCUT2D eigenvalue weighted by Crippen LogP contribution is 2.23. The quantitative estimate of drug-likeness (QED) is 0.678. The standard InChI is InChI=1S/C21H21NO2/c1-21(2)15-24-20(22-21)18(14-13-16-9-5-3-6-10-16)19(23)17-11-7-4-8-12-17/h3-14,22H,15H2,1-2H3/b14-13+,20-18+. The van der Waals surface area contributed by atoms with E-state index in [4.69, 9.17) is 4.74 Å². The molecule has 1 aliphatic heterocycles. The van der Waals surface area contributed by atoms with Crippen LogP contribution < -0.4 is 5.32 Å². The Labute approximate surface area is 142 Å². The van der Waals surface area contributed by atoms with Crippen LogP contribution in [0.25, 0.3) is 6.08 Å². The monoisotopic (exact) mass is 319 g/mol. The molecule has 122 valence electrons. The lowest BCUT2D eigenvalue weighted by Gasteiger charge is -2.14. The Bertz CT molecular complexity index is 774. The zero-order chi connectivity index (χ0) is 17.0. The molecule has 24 heavy (non-hydrogen) atoms. The average molecular weight is 319 g/mol. The highest BCUT2D eigenvalue weighted by molar-refractivity contribution is 6.11. The van der Waals surface area contributed by atoms with Gasteiger partial charge in [-0.2, -0.15) is 0 Å². The van der Waals surface area contributed by atoms with Crippen LogP contribution in [0.4, 0.5) is 0 Å². The maximum atomic E-state index is 12.9. The van der Waals surface area contributed by atoms with Crippen molar-refractivity contribution < 1.29 is 9.53 Å². The molecule has 0 saturated carbocycles. The first-order valence-electron chi connectivity index (χ1n) is 8.03. The number of benzene rings is 2. The molecule has 0 aromatic heterocycles. The molecule has 2 aromatic rings. The lowest BCUT2D eigenvalue weighted by molar-refractivity contribution is 0.103. The van der Waals surface area contributed by atoms with Crippen LogP contribution in [-0.4, -0.2) is 17.9 Å². The number of Topliss-reactive ketones (excluding diaryl/α,β-unsaturated/α-hetero) is 1. The Morgan fingerprint density at radius 2 is 1.67 bits per heavy atom. The van der Waals surface area contributed by atoms with E-state index in [-0.39, 0.29) is 11.3 Å². The van der Waals surface area contributed by atoms with Gasteiger partial charge in [0.25, 0.3) is 0 Å². The zero-order valence-corrected chi connectivity index (χ0v) is 14.0. The van der Waals surface area contributed by atoms with Gasteiger partial charge in [0.1, 0.15) is 6.61 Å². The molecule has 0 unspecified atom stereocenters. The summed E-state index contributed by atoms with van der Waals surface area (Å²) >= 11 is 0. The minimum atomic E-state index is -0.182. The number of carbonyl (C=O) groups is 1. The average Bonchev–Trinajstić information content (AvgIpc) is 2.96. The van der Waals surface area contributed by atoms with E-state index in [1.165, 1.54) is 0 Å². The SMILES string of the molecule is CC1(C)CO/C(=C(\C=C\c2ccccc2)C(=O)c2ccccc2)N1. The molecule has 2 aromatic carbocycles. The van der Waals surface area contributed by atoms with Gasteiger partial charge >= 0.3 is 0 Å². The van der Waals surface area contributed by atoms with Gasteiger partial charge < -0.3 is 10.1 Å². The molecule has 3 rings (SSSR count). The van der Waals surface area contributed by atoms with Crippen molar-refractivity contribution >= 4 is 11.9 Å². The molecule has 0 bridgehead atoms. The maximum Gasteiger partial charge on any atom is 0.198 e. The van der Waals surface area contributed by atoms with Crippen molar-refractivity contribution in [3.05, 3.63) is 89.3 Å². The number of allylic oxidation sites excluding steroid dienone is 2. The minimum Gasteiger partial charge on any atom is -0.476 e. The first kappa shape index (κ1) is 16.1. The lowest BCUT2D eigenvalue weighted by atomic mass is 10.0. The highest BCUT2D eigenvalue weighted by Gasteiger charge is 2.30. The Morgan fingerprint density at radius 1 is 1.04 bits per heavy atom. The zero-order valence-electron chi connectivity index (χ0n) is 14.0. The summed E-state index contributed by atoms with van der Waals surface area (Å²) in [5.74, 6) is 0.490. The predicted octanol–water partition coefficient (Wildman–Crippen LogP) is 4.19. The van der Waals surface area contributed by atoms with E-state index in [2.05, 4.69) is 5.32 Å². The number of nitrogens with one attached hydrogen (secondary N) is 1. The third-order valence-electron chi connectivity index (χ3n) is 3.80. The smallest absolute Gasteiger partial charge is 0.198 e. The van der Waals surface area contributed by atoms with Crippen LogP contribution in [0.5, 0.6) is 0 Å². The van der Waals surface area contributed by atoms with E-state index in [1.807, 2.05) is 86.7 Å². The molecule has 0 amide bonds. The topological polar surface area (TPSA) is 38.3 Å². The van der Waals surface area contributed by atoms with Gasteiger partial charge in [0.05, 0.1) is 11.1 Å². The largest absolute Gasteiger partial charge is 0.476 e. The molecule has 0 spiro atoms. The second-order valence-corrected chi connectivity index (χ2v) is 6.48. The van der Waals surface area contributed by atoms with E-state index in [9.17, 15) is 4.79 Å². The number of carbonyl (C=O) groups excluding carboxylic acids is 1. The van der Waals surface area contributed by atoms with Crippen LogP contribution in [0.3, 0.4) is 0 Å². The number of rotatable bonds is 4. The van der Waals surface area contributed by atoms with E-state index < -0.39 is 0 Å². The van der Waals surface area contributed by atoms with E-state index in [1.54, 1.807) is 0 Å². The molecule has 1 heterocycles. The first-order chi connectivity index (χ1) is 11.6. The summed E-state index contributed by atoms with van der Waals surface area (Å²) in [5.41, 5.74) is 2.04. The molecule has 3 heteroatoms. The molecule has 0 radical (unpaired) electrons. The van der Waals surface area contributed by atoms with Crippen molar-refractivity contribution in [2.24, 2.45) is 0 Å². The summed E-state index contributed by atoms with van der Waals surface area (Å²) in [6.07, 6.45) is 3.76. The number of ether oxygens (including phenoxy) is 1. The van der Waals surface area contributed by atoms with Gasteiger partial charge in [0.15, 0.2) is 11.7 Å². The lowest BCUT2D eigenvalue weighted by Crippen LogP contribution is -2.34. The highest BCUT2D eigenvalue weighted by atomic mass is 16.5. The Hall–Kier alpha value is -2.81. The predicted molar refractivity (Wildman–Crippen MR) is 96.4 cm³/mol. The van der Waals surface area contributed by atoms with Crippen molar-refractivity contribution in [3.8, 4) is 0 Å². The summed E-state index contributed by atoms with van der Waals surface area (Å²) in [4.78, 5) is 12.9. The Kier molecular flexibility index (Phi) is 4.52. The van der Waals surface area contributed by atoms with Gasteiger partial charge in [-0.3, -0.25) is 4.79 Å². The summed E-state index contributed by atoms with van der Waals surface area (Å²) in [7, 11) is 0. The molecule has 1 fully saturated rings. The molecule has 0 atom stereocenters. The molecule has 0 aliphatic carbocycles. The van der Waals surface area contributed by atoms with Crippen molar-refractivity contribution in [3.63, 3.8) is 0 Å². The fraction of sp³-hybridized carbons (Fsp3) is 0.190. The van der Waals surface area contributed by atoms with Crippen LogP contribution in [-0.2, 0) is 4.74 Å².